The van der Waals surface area contributed by atoms with Crippen molar-refractivity contribution in [3.8, 4) is 0 Å². The Morgan fingerprint density at radius 2 is 0.667 bits per heavy atom. The standard InChI is InChI=1S/C57H98O6/c1-4-7-10-13-16-19-22-25-28-30-32-35-38-41-44-47-50-56(59)62-53-54(52-61-55(58)49-46-43-40-37-34-31-27-24-21-18-15-12-9-6-3)63-57(60)51-48-45-42-39-36-33-29-26-23-20-17-14-11-8-5-2/h9,12,17-18,20-21,23,26,28,30,32,35,54H,4-8,10-11,13-16,19,22,24-25,27,29,31,33-34,36-53H2,1-3H3/b12-9-,20-17-,21-18-,26-23-,30-28-,35-32-. The second-order valence-corrected chi connectivity index (χ2v) is 17.5. The SMILES string of the molecule is CC/C=C\C/C=C\CCCCCCCCCC(=O)OCC(COC(=O)CCCCC/C=C\C=C/CCCCCCCCC)OC(=O)CCCCCCCC/C=C\C=C/CCCCC. The summed E-state index contributed by atoms with van der Waals surface area (Å²) >= 11 is 0. The highest BCUT2D eigenvalue weighted by Gasteiger charge is 2.19. The minimum absolute atomic E-state index is 0.0931. The summed E-state index contributed by atoms with van der Waals surface area (Å²) in [6.07, 6.45) is 64.5. The van der Waals surface area contributed by atoms with Crippen LogP contribution in [0, 0.1) is 0 Å². The maximum absolute atomic E-state index is 12.8. The summed E-state index contributed by atoms with van der Waals surface area (Å²) in [6, 6.07) is 0. The van der Waals surface area contributed by atoms with Crippen LogP contribution in [0.1, 0.15) is 252 Å². The van der Waals surface area contributed by atoms with Crippen LogP contribution in [0.15, 0.2) is 72.9 Å². The van der Waals surface area contributed by atoms with Crippen LogP contribution in [-0.2, 0) is 28.6 Å². The Morgan fingerprint density at radius 3 is 1.10 bits per heavy atom. The molecule has 0 rings (SSSR count). The summed E-state index contributed by atoms with van der Waals surface area (Å²) in [5.41, 5.74) is 0. The monoisotopic (exact) mass is 879 g/mol. The number of carbonyl (C=O) groups excluding carboxylic acids is 3. The van der Waals surface area contributed by atoms with Crippen molar-refractivity contribution in [1.82, 2.24) is 0 Å². The number of rotatable bonds is 47. The van der Waals surface area contributed by atoms with Gasteiger partial charge in [-0.1, -0.05) is 209 Å². The zero-order chi connectivity index (χ0) is 45.8. The van der Waals surface area contributed by atoms with E-state index in [2.05, 4.69) is 93.7 Å². The Balaban J connectivity index is 4.45. The van der Waals surface area contributed by atoms with Gasteiger partial charge in [0.1, 0.15) is 13.2 Å². The van der Waals surface area contributed by atoms with E-state index in [1.807, 2.05) is 0 Å². The maximum Gasteiger partial charge on any atom is 0.306 e. The predicted octanol–water partition coefficient (Wildman–Crippen LogP) is 17.4. The van der Waals surface area contributed by atoms with Gasteiger partial charge in [0.2, 0.25) is 0 Å². The van der Waals surface area contributed by atoms with Gasteiger partial charge in [0.15, 0.2) is 6.10 Å². The molecule has 0 aromatic heterocycles. The Hall–Kier alpha value is -3.15. The summed E-state index contributed by atoms with van der Waals surface area (Å²) < 4.78 is 16.8. The third kappa shape index (κ3) is 49.7. The third-order valence-electron chi connectivity index (χ3n) is 11.2. The molecule has 6 nitrogen and oxygen atoms in total. The van der Waals surface area contributed by atoms with Crippen LogP contribution in [0.5, 0.6) is 0 Å². The van der Waals surface area contributed by atoms with Crippen LogP contribution in [0.4, 0.5) is 0 Å². The number of ether oxygens (including phenoxy) is 3. The Morgan fingerprint density at radius 1 is 0.349 bits per heavy atom. The summed E-state index contributed by atoms with van der Waals surface area (Å²) in [5, 5.41) is 0. The molecule has 0 spiro atoms. The molecule has 0 fully saturated rings. The lowest BCUT2D eigenvalue weighted by molar-refractivity contribution is -0.167. The summed E-state index contributed by atoms with van der Waals surface area (Å²) in [4.78, 5) is 38.0. The van der Waals surface area contributed by atoms with Crippen LogP contribution >= 0.6 is 0 Å². The second kappa shape index (κ2) is 51.5. The van der Waals surface area contributed by atoms with Crippen LogP contribution in [-0.4, -0.2) is 37.2 Å². The van der Waals surface area contributed by atoms with Gasteiger partial charge in [-0.25, -0.2) is 0 Å². The lowest BCUT2D eigenvalue weighted by atomic mass is 10.1. The summed E-state index contributed by atoms with van der Waals surface area (Å²) in [6.45, 7) is 6.46. The number of hydrogen-bond donors (Lipinski definition) is 0. The van der Waals surface area contributed by atoms with E-state index in [0.29, 0.717) is 19.3 Å². The van der Waals surface area contributed by atoms with Gasteiger partial charge in [0.25, 0.3) is 0 Å². The number of unbranched alkanes of at least 4 members (excludes halogenated alkanes) is 26. The fourth-order valence-corrected chi connectivity index (χ4v) is 7.23. The first-order valence-corrected chi connectivity index (χ1v) is 26.5. The molecule has 0 heterocycles. The quantitative estimate of drug-likeness (QED) is 0.0199. The van der Waals surface area contributed by atoms with Gasteiger partial charge < -0.3 is 14.2 Å². The number of carbonyl (C=O) groups is 3. The van der Waals surface area contributed by atoms with Gasteiger partial charge in [-0.15, -0.1) is 0 Å². The van der Waals surface area contributed by atoms with E-state index in [1.165, 1.54) is 109 Å². The van der Waals surface area contributed by atoms with Gasteiger partial charge in [-0.05, 0) is 96.3 Å². The molecular formula is C57H98O6. The second-order valence-electron chi connectivity index (χ2n) is 17.5. The zero-order valence-electron chi connectivity index (χ0n) is 41.3. The minimum Gasteiger partial charge on any atom is -0.462 e. The predicted molar refractivity (Wildman–Crippen MR) is 270 cm³/mol. The van der Waals surface area contributed by atoms with E-state index < -0.39 is 6.10 Å². The third-order valence-corrected chi connectivity index (χ3v) is 11.2. The molecular weight excluding hydrogens is 781 g/mol. The molecule has 0 saturated carbocycles. The van der Waals surface area contributed by atoms with Gasteiger partial charge in [0.05, 0.1) is 0 Å². The van der Waals surface area contributed by atoms with E-state index in [1.54, 1.807) is 0 Å². The molecule has 1 atom stereocenters. The van der Waals surface area contributed by atoms with Crippen molar-refractivity contribution in [1.29, 1.82) is 0 Å². The van der Waals surface area contributed by atoms with Gasteiger partial charge >= 0.3 is 17.9 Å². The van der Waals surface area contributed by atoms with Crippen molar-refractivity contribution < 1.29 is 28.6 Å². The molecule has 0 aromatic carbocycles. The first-order valence-electron chi connectivity index (χ1n) is 26.5. The highest BCUT2D eigenvalue weighted by molar-refractivity contribution is 5.71. The topological polar surface area (TPSA) is 78.9 Å². The van der Waals surface area contributed by atoms with E-state index in [9.17, 15) is 14.4 Å². The molecule has 0 aliphatic heterocycles. The molecule has 0 saturated heterocycles. The first-order chi connectivity index (χ1) is 31.0. The summed E-state index contributed by atoms with van der Waals surface area (Å²) in [5.74, 6) is -0.937. The lowest BCUT2D eigenvalue weighted by Gasteiger charge is -2.18. The highest BCUT2D eigenvalue weighted by Crippen LogP contribution is 2.14. The molecule has 362 valence electrons. The normalized spacial score (nSPS) is 12.6. The molecule has 0 aliphatic carbocycles. The van der Waals surface area contributed by atoms with Crippen molar-refractivity contribution in [3.63, 3.8) is 0 Å². The molecule has 63 heavy (non-hydrogen) atoms. The average molecular weight is 879 g/mol. The minimum atomic E-state index is -0.795. The number of esters is 3. The van der Waals surface area contributed by atoms with Gasteiger partial charge in [-0.2, -0.15) is 0 Å². The van der Waals surface area contributed by atoms with Crippen molar-refractivity contribution >= 4 is 17.9 Å². The van der Waals surface area contributed by atoms with Crippen molar-refractivity contribution in [3.05, 3.63) is 72.9 Å². The molecule has 0 amide bonds. The number of hydrogen-bond acceptors (Lipinski definition) is 6. The Labute approximate surface area is 389 Å². The summed E-state index contributed by atoms with van der Waals surface area (Å²) in [7, 11) is 0. The average Bonchev–Trinajstić information content (AvgIpc) is 3.28. The molecule has 0 aromatic rings. The Kier molecular flexibility index (Phi) is 48.9. The van der Waals surface area contributed by atoms with Crippen LogP contribution in [0.25, 0.3) is 0 Å². The van der Waals surface area contributed by atoms with E-state index >= 15 is 0 Å². The maximum atomic E-state index is 12.8. The fourth-order valence-electron chi connectivity index (χ4n) is 7.23. The van der Waals surface area contributed by atoms with Gasteiger partial charge in [-0.3, -0.25) is 14.4 Å². The van der Waals surface area contributed by atoms with Crippen molar-refractivity contribution in [2.24, 2.45) is 0 Å². The molecule has 6 heteroatoms. The largest absolute Gasteiger partial charge is 0.462 e. The smallest absolute Gasteiger partial charge is 0.306 e. The van der Waals surface area contributed by atoms with Crippen LogP contribution < -0.4 is 0 Å². The molecule has 0 N–H and O–H groups in total. The van der Waals surface area contributed by atoms with Crippen molar-refractivity contribution in [2.45, 2.75) is 258 Å². The van der Waals surface area contributed by atoms with Gasteiger partial charge in [0, 0.05) is 19.3 Å². The van der Waals surface area contributed by atoms with E-state index in [-0.39, 0.29) is 31.1 Å². The fraction of sp³-hybridized carbons (Fsp3) is 0.737. The Bertz CT molecular complexity index is 1190. The van der Waals surface area contributed by atoms with Crippen molar-refractivity contribution in [2.75, 3.05) is 13.2 Å². The molecule has 0 bridgehead atoms. The first kappa shape index (κ1) is 59.9. The van der Waals surface area contributed by atoms with Crippen LogP contribution in [0.3, 0.4) is 0 Å². The highest BCUT2D eigenvalue weighted by atomic mass is 16.6. The zero-order valence-corrected chi connectivity index (χ0v) is 41.3. The number of allylic oxidation sites excluding steroid dienone is 12. The molecule has 1 unspecified atom stereocenters. The van der Waals surface area contributed by atoms with E-state index in [0.717, 1.165) is 103 Å². The molecule has 0 radical (unpaired) electrons. The van der Waals surface area contributed by atoms with E-state index in [4.69, 9.17) is 14.2 Å². The lowest BCUT2D eigenvalue weighted by Crippen LogP contribution is -2.30. The molecule has 0 aliphatic rings. The van der Waals surface area contributed by atoms with Crippen LogP contribution in [0.2, 0.25) is 0 Å².